The third kappa shape index (κ3) is 2.55. The van der Waals surface area contributed by atoms with Gasteiger partial charge in [0, 0.05) is 12.5 Å². The smallest absolute Gasteiger partial charge is 0.316 e. The summed E-state index contributed by atoms with van der Waals surface area (Å²) in [6.45, 7) is 5.05. The third-order valence-electron chi connectivity index (χ3n) is 2.37. The lowest BCUT2D eigenvalue weighted by molar-refractivity contribution is -0.140. The first kappa shape index (κ1) is 13.0. The van der Waals surface area contributed by atoms with E-state index in [1.165, 1.54) is 11.8 Å². The Morgan fingerprint density at radius 2 is 2.00 bits per heavy atom. The van der Waals surface area contributed by atoms with E-state index >= 15 is 0 Å². The molecule has 1 aliphatic rings. The van der Waals surface area contributed by atoms with Gasteiger partial charge in [0.1, 0.15) is 5.25 Å². The molecule has 0 radical (unpaired) electrons. The van der Waals surface area contributed by atoms with Gasteiger partial charge in [0.25, 0.3) is 0 Å². The molecule has 2 unspecified atom stereocenters. The second kappa shape index (κ2) is 4.86. The predicted octanol–water partition coefficient (Wildman–Crippen LogP) is 0.729. The fourth-order valence-corrected chi connectivity index (χ4v) is 2.65. The molecule has 1 heterocycles. The van der Waals surface area contributed by atoms with E-state index in [4.69, 9.17) is 5.11 Å². The SMILES string of the molecule is CC(SC1CC(=O)N(C(C)C)C1=O)C(=O)O. The summed E-state index contributed by atoms with van der Waals surface area (Å²) in [5.41, 5.74) is 0. The zero-order valence-electron chi connectivity index (χ0n) is 9.47. The molecule has 0 spiro atoms. The van der Waals surface area contributed by atoms with E-state index in [1.807, 2.05) is 0 Å². The molecule has 0 aromatic rings. The molecule has 1 fully saturated rings. The lowest BCUT2D eigenvalue weighted by Crippen LogP contribution is -2.37. The van der Waals surface area contributed by atoms with Crippen LogP contribution in [-0.4, -0.2) is 44.3 Å². The summed E-state index contributed by atoms with van der Waals surface area (Å²) in [6, 6.07) is -0.161. The maximum absolute atomic E-state index is 11.8. The number of likely N-dealkylation sites (tertiary alicyclic amines) is 1. The molecule has 1 saturated heterocycles. The van der Waals surface area contributed by atoms with Crippen LogP contribution in [0.3, 0.4) is 0 Å². The molecular formula is C10H15NO4S. The highest BCUT2D eigenvalue weighted by Gasteiger charge is 2.41. The summed E-state index contributed by atoms with van der Waals surface area (Å²) in [4.78, 5) is 35.2. The van der Waals surface area contributed by atoms with Crippen molar-refractivity contribution in [2.75, 3.05) is 0 Å². The average Bonchev–Trinajstić information content (AvgIpc) is 2.41. The Bertz CT molecular complexity index is 329. The van der Waals surface area contributed by atoms with E-state index in [-0.39, 0.29) is 24.3 Å². The highest BCUT2D eigenvalue weighted by molar-refractivity contribution is 8.01. The van der Waals surface area contributed by atoms with Crippen molar-refractivity contribution in [3.8, 4) is 0 Å². The Morgan fingerprint density at radius 1 is 1.44 bits per heavy atom. The minimum Gasteiger partial charge on any atom is -0.480 e. The summed E-state index contributed by atoms with van der Waals surface area (Å²) in [7, 11) is 0. The van der Waals surface area contributed by atoms with Crippen LogP contribution in [0.1, 0.15) is 27.2 Å². The quantitative estimate of drug-likeness (QED) is 0.739. The molecule has 0 aromatic heterocycles. The average molecular weight is 245 g/mol. The normalized spacial score (nSPS) is 23.0. The highest BCUT2D eigenvalue weighted by Crippen LogP contribution is 2.29. The van der Waals surface area contributed by atoms with E-state index in [1.54, 1.807) is 13.8 Å². The van der Waals surface area contributed by atoms with Crippen LogP contribution in [0.15, 0.2) is 0 Å². The van der Waals surface area contributed by atoms with Gasteiger partial charge < -0.3 is 5.11 Å². The maximum atomic E-state index is 11.8. The summed E-state index contributed by atoms with van der Waals surface area (Å²) in [5.74, 6) is -1.44. The Kier molecular flexibility index (Phi) is 3.96. The van der Waals surface area contributed by atoms with Gasteiger partial charge in [-0.25, -0.2) is 0 Å². The molecule has 6 heteroatoms. The minimum atomic E-state index is -0.965. The molecule has 0 aromatic carbocycles. The van der Waals surface area contributed by atoms with Gasteiger partial charge in [-0.3, -0.25) is 19.3 Å². The number of hydrogen-bond donors (Lipinski definition) is 1. The Balaban J connectivity index is 2.69. The van der Waals surface area contributed by atoms with Gasteiger partial charge in [-0.1, -0.05) is 0 Å². The predicted molar refractivity (Wildman–Crippen MR) is 60.1 cm³/mol. The zero-order valence-corrected chi connectivity index (χ0v) is 10.3. The third-order valence-corrected chi connectivity index (χ3v) is 3.68. The molecule has 90 valence electrons. The Morgan fingerprint density at radius 3 is 2.38 bits per heavy atom. The van der Waals surface area contributed by atoms with Crippen molar-refractivity contribution in [1.29, 1.82) is 0 Å². The molecule has 0 bridgehead atoms. The number of hydrogen-bond acceptors (Lipinski definition) is 4. The summed E-state index contributed by atoms with van der Waals surface area (Å²) in [5, 5.41) is 7.53. The Hall–Kier alpha value is -1.04. The molecule has 2 atom stereocenters. The van der Waals surface area contributed by atoms with Gasteiger partial charge in [-0.05, 0) is 20.8 Å². The molecule has 16 heavy (non-hydrogen) atoms. The van der Waals surface area contributed by atoms with Crippen molar-refractivity contribution in [3.63, 3.8) is 0 Å². The second-order valence-electron chi connectivity index (χ2n) is 4.01. The molecule has 2 amide bonds. The van der Waals surface area contributed by atoms with Crippen LogP contribution in [0.5, 0.6) is 0 Å². The van der Waals surface area contributed by atoms with E-state index < -0.39 is 16.5 Å². The van der Waals surface area contributed by atoms with Crippen LogP contribution < -0.4 is 0 Å². The number of nitrogens with zero attached hydrogens (tertiary/aromatic N) is 1. The van der Waals surface area contributed by atoms with Gasteiger partial charge in [0.2, 0.25) is 11.8 Å². The van der Waals surface area contributed by atoms with Gasteiger partial charge in [0.15, 0.2) is 0 Å². The largest absolute Gasteiger partial charge is 0.480 e. The monoisotopic (exact) mass is 245 g/mol. The topological polar surface area (TPSA) is 74.7 Å². The number of carbonyl (C=O) groups excluding carboxylic acids is 2. The number of thioether (sulfide) groups is 1. The first-order chi connectivity index (χ1) is 7.34. The summed E-state index contributed by atoms with van der Waals surface area (Å²) >= 11 is 1.04. The number of rotatable bonds is 4. The second-order valence-corrected chi connectivity index (χ2v) is 5.55. The number of imide groups is 1. The van der Waals surface area contributed by atoms with Crippen LogP contribution in [0.25, 0.3) is 0 Å². The van der Waals surface area contributed by atoms with Gasteiger partial charge in [-0.15, -0.1) is 11.8 Å². The number of aliphatic carboxylic acids is 1. The van der Waals surface area contributed by atoms with E-state index in [0.717, 1.165) is 11.8 Å². The van der Waals surface area contributed by atoms with E-state index in [9.17, 15) is 14.4 Å². The number of carboxylic acid groups (broad SMARTS) is 1. The number of carbonyl (C=O) groups is 3. The fourth-order valence-electron chi connectivity index (χ4n) is 1.58. The molecule has 1 rings (SSSR count). The maximum Gasteiger partial charge on any atom is 0.316 e. The van der Waals surface area contributed by atoms with Crippen LogP contribution in [0.4, 0.5) is 0 Å². The van der Waals surface area contributed by atoms with Crippen LogP contribution in [0, 0.1) is 0 Å². The van der Waals surface area contributed by atoms with Crippen LogP contribution in [-0.2, 0) is 14.4 Å². The van der Waals surface area contributed by atoms with Gasteiger partial charge >= 0.3 is 5.97 Å². The van der Waals surface area contributed by atoms with E-state index in [0.29, 0.717) is 0 Å². The van der Waals surface area contributed by atoms with Crippen molar-refractivity contribution in [1.82, 2.24) is 4.90 Å². The highest BCUT2D eigenvalue weighted by atomic mass is 32.2. The number of amides is 2. The van der Waals surface area contributed by atoms with Crippen LogP contribution in [0.2, 0.25) is 0 Å². The van der Waals surface area contributed by atoms with Crippen molar-refractivity contribution in [2.45, 2.75) is 43.7 Å². The lowest BCUT2D eigenvalue weighted by Gasteiger charge is -2.19. The molecular weight excluding hydrogens is 230 g/mol. The van der Waals surface area contributed by atoms with E-state index in [2.05, 4.69) is 0 Å². The fraction of sp³-hybridized carbons (Fsp3) is 0.700. The molecule has 5 nitrogen and oxygen atoms in total. The number of carboxylic acids is 1. The molecule has 0 aliphatic carbocycles. The van der Waals surface area contributed by atoms with Crippen molar-refractivity contribution in [3.05, 3.63) is 0 Å². The molecule has 1 aliphatic heterocycles. The van der Waals surface area contributed by atoms with Gasteiger partial charge in [-0.2, -0.15) is 0 Å². The van der Waals surface area contributed by atoms with Crippen molar-refractivity contribution < 1.29 is 19.5 Å². The minimum absolute atomic E-state index is 0.110. The lowest BCUT2D eigenvalue weighted by atomic mass is 10.3. The summed E-state index contributed by atoms with van der Waals surface area (Å²) < 4.78 is 0. The van der Waals surface area contributed by atoms with Crippen molar-refractivity contribution in [2.24, 2.45) is 0 Å². The van der Waals surface area contributed by atoms with Crippen molar-refractivity contribution >= 4 is 29.5 Å². The Labute approximate surface area is 98.2 Å². The van der Waals surface area contributed by atoms with Gasteiger partial charge in [0.05, 0.1) is 5.25 Å². The summed E-state index contributed by atoms with van der Waals surface area (Å²) in [6.07, 6.45) is 0.110. The first-order valence-corrected chi connectivity index (χ1v) is 6.03. The standard InChI is InChI=1S/C10H15NO4S/c1-5(2)11-8(12)4-7(9(11)13)16-6(3)10(14)15/h5-7H,4H2,1-3H3,(H,14,15). The van der Waals surface area contributed by atoms with Crippen LogP contribution >= 0.6 is 11.8 Å². The first-order valence-electron chi connectivity index (χ1n) is 5.08. The molecule has 1 N–H and O–H groups in total. The zero-order chi connectivity index (χ0) is 12.5. The molecule has 0 saturated carbocycles.